The third-order valence-electron chi connectivity index (χ3n) is 3.87. The number of aliphatic imine (C=N–C) groups is 1. The van der Waals surface area contributed by atoms with Crippen LogP contribution in [0.4, 0.5) is 9.18 Å². The lowest BCUT2D eigenvalue weighted by molar-refractivity contribution is 0.0507. The van der Waals surface area contributed by atoms with E-state index < -0.39 is 11.7 Å². The largest absolute Gasteiger partial charge is 0.444 e. The summed E-state index contributed by atoms with van der Waals surface area (Å²) in [6.45, 7) is 7.21. The molecule has 152 valence electrons. The van der Waals surface area contributed by atoms with E-state index in [2.05, 4.69) is 31.6 Å². The van der Waals surface area contributed by atoms with Crippen molar-refractivity contribution in [2.45, 2.75) is 45.4 Å². The number of halogens is 3. The molecule has 2 rings (SSSR count). The highest BCUT2D eigenvalue weighted by Crippen LogP contribution is 2.16. The van der Waals surface area contributed by atoms with Gasteiger partial charge in [0.05, 0.1) is 6.04 Å². The molecule has 1 saturated heterocycles. The maximum Gasteiger partial charge on any atom is 0.407 e. The third-order valence-corrected chi connectivity index (χ3v) is 4.36. The quantitative estimate of drug-likeness (QED) is 0.337. The van der Waals surface area contributed by atoms with E-state index in [1.807, 2.05) is 25.7 Å². The number of likely N-dealkylation sites (tertiary alicyclic amines) is 1. The van der Waals surface area contributed by atoms with Gasteiger partial charge in [-0.05, 0) is 45.4 Å². The lowest BCUT2D eigenvalue weighted by atomic mass is 10.2. The van der Waals surface area contributed by atoms with Gasteiger partial charge in [-0.1, -0.05) is 15.9 Å². The minimum Gasteiger partial charge on any atom is -0.444 e. The van der Waals surface area contributed by atoms with E-state index in [1.54, 1.807) is 19.2 Å². The number of nitrogens with zero attached hydrogens (tertiary/aromatic N) is 2. The number of ether oxygens (including phenoxy) is 1. The Hall–Kier alpha value is -1.10. The Bertz CT molecular complexity index is 682. The molecule has 0 spiro atoms. The summed E-state index contributed by atoms with van der Waals surface area (Å²) in [4.78, 5) is 18.2. The summed E-state index contributed by atoms with van der Waals surface area (Å²) in [6, 6.07) is 4.83. The molecule has 9 heteroatoms. The van der Waals surface area contributed by atoms with Crippen LogP contribution in [0.25, 0.3) is 0 Å². The molecule has 0 bridgehead atoms. The molecule has 0 radical (unpaired) electrons. The molecule has 0 aliphatic carbocycles. The van der Waals surface area contributed by atoms with Crippen LogP contribution in [0.3, 0.4) is 0 Å². The number of carbonyl (C=O) groups is 1. The first-order chi connectivity index (χ1) is 12.2. The molecular weight excluding hydrogens is 530 g/mol. The fourth-order valence-corrected chi connectivity index (χ4v) is 3.14. The molecule has 2 N–H and O–H groups in total. The van der Waals surface area contributed by atoms with Crippen LogP contribution in [0.1, 0.15) is 32.8 Å². The third kappa shape index (κ3) is 7.81. The molecule has 1 aromatic rings. The molecule has 1 atom stereocenters. The highest BCUT2D eigenvalue weighted by Gasteiger charge is 2.27. The maximum absolute atomic E-state index is 13.9. The van der Waals surface area contributed by atoms with Gasteiger partial charge in [0.2, 0.25) is 0 Å². The summed E-state index contributed by atoms with van der Waals surface area (Å²) >= 11 is 3.35. The first-order valence-electron chi connectivity index (χ1n) is 8.57. The predicted octanol–water partition coefficient (Wildman–Crippen LogP) is 3.88. The van der Waals surface area contributed by atoms with Crippen LogP contribution in [0.15, 0.2) is 27.7 Å². The van der Waals surface area contributed by atoms with Crippen molar-refractivity contribution in [3.63, 3.8) is 0 Å². The lowest BCUT2D eigenvalue weighted by Crippen LogP contribution is -2.44. The van der Waals surface area contributed by atoms with E-state index in [1.165, 1.54) is 6.07 Å². The monoisotopic (exact) mass is 556 g/mol. The summed E-state index contributed by atoms with van der Waals surface area (Å²) in [5.41, 5.74) is 0.0386. The number of hydrogen-bond acceptors (Lipinski definition) is 3. The minimum atomic E-state index is -0.520. The van der Waals surface area contributed by atoms with E-state index in [0.29, 0.717) is 24.6 Å². The predicted molar refractivity (Wildman–Crippen MR) is 119 cm³/mol. The SMILES string of the molecule is CN=C(NCc1cc(Br)ccc1F)N1CCC(NC(=O)OC(C)(C)C)C1.I. The van der Waals surface area contributed by atoms with Crippen molar-refractivity contribution in [2.24, 2.45) is 4.99 Å². The number of rotatable bonds is 3. The van der Waals surface area contributed by atoms with Gasteiger partial charge in [-0.3, -0.25) is 4.99 Å². The van der Waals surface area contributed by atoms with Crippen LogP contribution in [-0.2, 0) is 11.3 Å². The molecule has 0 saturated carbocycles. The van der Waals surface area contributed by atoms with Crippen molar-refractivity contribution in [1.29, 1.82) is 0 Å². The van der Waals surface area contributed by atoms with Crippen LogP contribution in [0.2, 0.25) is 0 Å². The Labute approximate surface area is 185 Å². The lowest BCUT2D eigenvalue weighted by Gasteiger charge is -2.23. The number of amides is 1. The van der Waals surface area contributed by atoms with Crippen molar-refractivity contribution in [1.82, 2.24) is 15.5 Å². The van der Waals surface area contributed by atoms with Crippen LogP contribution >= 0.6 is 39.9 Å². The van der Waals surface area contributed by atoms with E-state index in [9.17, 15) is 9.18 Å². The molecule has 1 aliphatic rings. The molecule has 1 amide bonds. The van der Waals surface area contributed by atoms with E-state index in [4.69, 9.17) is 4.74 Å². The highest BCUT2D eigenvalue weighted by atomic mass is 127. The van der Waals surface area contributed by atoms with Gasteiger partial charge in [-0.25, -0.2) is 9.18 Å². The topological polar surface area (TPSA) is 66.0 Å². The molecule has 1 unspecified atom stereocenters. The molecule has 1 aliphatic heterocycles. The second-order valence-corrected chi connectivity index (χ2v) is 8.13. The van der Waals surface area contributed by atoms with Crippen molar-refractivity contribution >= 4 is 52.0 Å². The first kappa shape index (κ1) is 23.9. The average molecular weight is 557 g/mol. The fourth-order valence-electron chi connectivity index (χ4n) is 2.73. The Kier molecular flexibility index (Phi) is 9.26. The van der Waals surface area contributed by atoms with Gasteiger partial charge in [-0.2, -0.15) is 0 Å². The molecule has 1 aromatic carbocycles. The van der Waals surface area contributed by atoms with Gasteiger partial charge in [0.1, 0.15) is 11.4 Å². The zero-order valence-corrected chi connectivity index (χ0v) is 19.9. The van der Waals surface area contributed by atoms with Crippen molar-refractivity contribution in [3.05, 3.63) is 34.1 Å². The smallest absolute Gasteiger partial charge is 0.407 e. The number of carbonyl (C=O) groups excluding carboxylic acids is 1. The molecule has 27 heavy (non-hydrogen) atoms. The number of hydrogen-bond donors (Lipinski definition) is 2. The van der Waals surface area contributed by atoms with Crippen LogP contribution in [-0.4, -0.2) is 48.7 Å². The number of benzene rings is 1. The van der Waals surface area contributed by atoms with Gasteiger partial charge in [0.15, 0.2) is 5.96 Å². The second kappa shape index (κ2) is 10.4. The normalized spacial score (nSPS) is 17.3. The minimum absolute atomic E-state index is 0. The van der Waals surface area contributed by atoms with Crippen molar-refractivity contribution in [2.75, 3.05) is 20.1 Å². The number of alkyl carbamates (subject to hydrolysis) is 1. The Balaban J connectivity index is 0.00000364. The van der Waals surface area contributed by atoms with Gasteiger partial charge < -0.3 is 20.3 Å². The zero-order chi connectivity index (χ0) is 19.3. The summed E-state index contributed by atoms with van der Waals surface area (Å²) in [6.07, 6.45) is 0.383. The van der Waals surface area contributed by atoms with Crippen LogP contribution in [0.5, 0.6) is 0 Å². The van der Waals surface area contributed by atoms with Gasteiger partial charge in [-0.15, -0.1) is 24.0 Å². The van der Waals surface area contributed by atoms with Gasteiger partial charge >= 0.3 is 6.09 Å². The summed E-state index contributed by atoms with van der Waals surface area (Å²) in [5.74, 6) is 0.417. The second-order valence-electron chi connectivity index (χ2n) is 7.21. The maximum atomic E-state index is 13.9. The molecular formula is C18H27BrFIN4O2. The molecule has 1 heterocycles. The average Bonchev–Trinajstić information content (AvgIpc) is 2.97. The highest BCUT2D eigenvalue weighted by molar-refractivity contribution is 14.0. The molecule has 6 nitrogen and oxygen atoms in total. The standard InChI is InChI=1S/C18H26BrFN4O2.HI/c1-18(2,3)26-17(25)23-14-7-8-24(11-14)16(21-4)22-10-12-9-13(19)5-6-15(12)20;/h5-6,9,14H,7-8,10-11H2,1-4H3,(H,21,22)(H,23,25);1H. The Morgan fingerprint density at radius 2 is 2.15 bits per heavy atom. The number of guanidine groups is 1. The van der Waals surface area contributed by atoms with Crippen molar-refractivity contribution in [3.8, 4) is 0 Å². The molecule has 1 fully saturated rings. The molecule has 0 aromatic heterocycles. The van der Waals surface area contributed by atoms with E-state index in [-0.39, 0.29) is 35.8 Å². The Morgan fingerprint density at radius 3 is 2.78 bits per heavy atom. The van der Waals surface area contributed by atoms with Gasteiger partial charge in [0.25, 0.3) is 0 Å². The number of nitrogens with one attached hydrogen (secondary N) is 2. The first-order valence-corrected chi connectivity index (χ1v) is 9.36. The van der Waals surface area contributed by atoms with E-state index in [0.717, 1.165) is 17.4 Å². The zero-order valence-electron chi connectivity index (χ0n) is 16.0. The van der Waals surface area contributed by atoms with Gasteiger partial charge in [0, 0.05) is 36.7 Å². The summed E-state index contributed by atoms with van der Waals surface area (Å²) in [5, 5.41) is 6.06. The fraction of sp³-hybridized carbons (Fsp3) is 0.556. The Morgan fingerprint density at radius 1 is 1.44 bits per heavy atom. The summed E-state index contributed by atoms with van der Waals surface area (Å²) < 4.78 is 20.0. The van der Waals surface area contributed by atoms with Crippen LogP contribution in [0, 0.1) is 5.82 Å². The van der Waals surface area contributed by atoms with Crippen LogP contribution < -0.4 is 10.6 Å². The summed E-state index contributed by atoms with van der Waals surface area (Å²) in [7, 11) is 1.69. The van der Waals surface area contributed by atoms with Crippen molar-refractivity contribution < 1.29 is 13.9 Å². The van der Waals surface area contributed by atoms with E-state index >= 15 is 0 Å².